The zero-order chi connectivity index (χ0) is 21.7. The third-order valence-corrected chi connectivity index (χ3v) is 7.03. The fourth-order valence-electron chi connectivity index (χ4n) is 3.36. The fraction of sp³-hybridized carbons (Fsp3) is 0.381. The van der Waals surface area contributed by atoms with Crippen molar-refractivity contribution in [3.8, 4) is 0 Å². The first-order chi connectivity index (χ1) is 14.2. The lowest BCUT2D eigenvalue weighted by Crippen LogP contribution is -2.34. The molecule has 0 saturated carbocycles. The molecule has 1 atom stereocenters. The average molecular weight is 438 g/mol. The number of rotatable bonds is 7. The Morgan fingerprint density at radius 2 is 1.87 bits per heavy atom. The molecule has 162 valence electrons. The summed E-state index contributed by atoms with van der Waals surface area (Å²) in [6.45, 7) is 0.831. The van der Waals surface area contributed by atoms with Crippen LogP contribution in [0.3, 0.4) is 0 Å². The van der Waals surface area contributed by atoms with Gasteiger partial charge in [-0.05, 0) is 35.6 Å². The lowest BCUT2D eigenvalue weighted by molar-refractivity contribution is 0.103. The summed E-state index contributed by atoms with van der Waals surface area (Å²) in [5.74, 6) is -2.34. The fourth-order valence-corrected chi connectivity index (χ4v) is 4.83. The van der Waals surface area contributed by atoms with Crippen molar-refractivity contribution >= 4 is 16.1 Å². The van der Waals surface area contributed by atoms with Crippen molar-refractivity contribution in [1.82, 2.24) is 9.21 Å². The minimum absolute atomic E-state index is 0.0604. The van der Waals surface area contributed by atoms with Crippen molar-refractivity contribution < 1.29 is 26.7 Å². The number of carbonyl (C=O) groups excluding carboxylic acids is 1. The smallest absolute Gasteiger partial charge is 0.410 e. The van der Waals surface area contributed by atoms with Gasteiger partial charge in [0, 0.05) is 26.7 Å². The molecular weight excluding hydrogens is 414 g/mol. The number of hydrogen-bond acceptors (Lipinski definition) is 4. The maximum absolute atomic E-state index is 13.4. The Labute approximate surface area is 175 Å². The molecule has 1 amide bonds. The lowest BCUT2D eigenvalue weighted by atomic mass is 10.2. The number of nitrogens with zero attached hydrogens (tertiary/aromatic N) is 2. The third kappa shape index (κ3) is 5.76. The van der Waals surface area contributed by atoms with Gasteiger partial charge in [0.05, 0.1) is 5.75 Å². The van der Waals surface area contributed by atoms with Crippen LogP contribution < -0.4 is 0 Å². The number of sulfonamides is 1. The second-order valence-corrected chi connectivity index (χ2v) is 9.54. The molecule has 2 aromatic rings. The summed E-state index contributed by atoms with van der Waals surface area (Å²) in [6.07, 6.45) is 0.0903. The van der Waals surface area contributed by atoms with E-state index in [2.05, 4.69) is 0 Å². The van der Waals surface area contributed by atoms with E-state index in [1.54, 1.807) is 0 Å². The van der Waals surface area contributed by atoms with Crippen molar-refractivity contribution in [2.24, 2.45) is 5.92 Å². The Morgan fingerprint density at radius 1 is 1.13 bits per heavy atom. The second-order valence-electron chi connectivity index (χ2n) is 7.42. The standard InChI is InChI=1S/C21H24F2N2O4S/c1-24(12-17-7-8-19(22)20(23)11-17)30(27,28)15-18-9-10-25(13-18)21(26)29-14-16-5-3-2-4-6-16/h2-8,11,18H,9-10,12-15H2,1H3/t18-/m1/s1. The molecule has 3 rings (SSSR count). The van der Waals surface area contributed by atoms with E-state index in [9.17, 15) is 22.0 Å². The van der Waals surface area contributed by atoms with Crippen LogP contribution in [0.2, 0.25) is 0 Å². The highest BCUT2D eigenvalue weighted by Crippen LogP contribution is 2.21. The predicted octanol–water partition coefficient (Wildman–Crippen LogP) is 3.39. The molecule has 2 aromatic carbocycles. The first kappa shape index (κ1) is 22.2. The highest BCUT2D eigenvalue weighted by Gasteiger charge is 2.32. The first-order valence-electron chi connectivity index (χ1n) is 9.58. The quantitative estimate of drug-likeness (QED) is 0.665. The summed E-state index contributed by atoms with van der Waals surface area (Å²) >= 11 is 0. The topological polar surface area (TPSA) is 66.9 Å². The molecule has 0 unspecified atom stereocenters. The van der Waals surface area contributed by atoms with E-state index < -0.39 is 27.8 Å². The van der Waals surface area contributed by atoms with Gasteiger partial charge in [0.2, 0.25) is 10.0 Å². The van der Waals surface area contributed by atoms with Gasteiger partial charge in [0.15, 0.2) is 11.6 Å². The van der Waals surface area contributed by atoms with Crippen molar-refractivity contribution in [3.63, 3.8) is 0 Å². The van der Waals surface area contributed by atoms with Crippen LogP contribution in [0.25, 0.3) is 0 Å². The van der Waals surface area contributed by atoms with Gasteiger partial charge in [-0.15, -0.1) is 0 Å². The molecule has 9 heteroatoms. The molecule has 1 aliphatic rings. The van der Waals surface area contributed by atoms with E-state index >= 15 is 0 Å². The summed E-state index contributed by atoms with van der Waals surface area (Å²) in [4.78, 5) is 13.8. The largest absolute Gasteiger partial charge is 0.445 e. The molecular formula is C21H24F2N2O4S. The van der Waals surface area contributed by atoms with Crippen LogP contribution in [0.4, 0.5) is 13.6 Å². The summed E-state index contributed by atoms with van der Waals surface area (Å²) in [5, 5.41) is 0. The minimum Gasteiger partial charge on any atom is -0.445 e. The van der Waals surface area contributed by atoms with Gasteiger partial charge in [-0.3, -0.25) is 0 Å². The van der Waals surface area contributed by atoms with Gasteiger partial charge >= 0.3 is 6.09 Å². The van der Waals surface area contributed by atoms with Crippen LogP contribution in [-0.4, -0.2) is 49.6 Å². The Kier molecular flexibility index (Phi) is 7.04. The van der Waals surface area contributed by atoms with E-state index in [-0.39, 0.29) is 24.8 Å². The Balaban J connectivity index is 1.50. The molecule has 6 nitrogen and oxygen atoms in total. The summed E-state index contributed by atoms with van der Waals surface area (Å²) < 4.78 is 58.1. The maximum Gasteiger partial charge on any atom is 0.410 e. The molecule has 0 radical (unpaired) electrons. The van der Waals surface area contributed by atoms with Gasteiger partial charge in [0.25, 0.3) is 0 Å². The number of halogens is 2. The van der Waals surface area contributed by atoms with Crippen LogP contribution in [0.1, 0.15) is 17.5 Å². The van der Waals surface area contributed by atoms with E-state index in [4.69, 9.17) is 4.74 Å². The summed E-state index contributed by atoms with van der Waals surface area (Å²) in [6, 6.07) is 12.6. The van der Waals surface area contributed by atoms with E-state index in [1.165, 1.54) is 18.0 Å². The van der Waals surface area contributed by atoms with Crippen molar-refractivity contribution in [3.05, 3.63) is 71.3 Å². The van der Waals surface area contributed by atoms with Gasteiger partial charge in [-0.2, -0.15) is 0 Å². The van der Waals surface area contributed by atoms with Crippen molar-refractivity contribution in [2.75, 3.05) is 25.9 Å². The Hall–Kier alpha value is -2.52. The molecule has 1 saturated heterocycles. The van der Waals surface area contributed by atoms with Crippen LogP contribution in [0.5, 0.6) is 0 Å². The monoisotopic (exact) mass is 438 g/mol. The number of likely N-dealkylation sites (tertiary alicyclic amines) is 1. The SMILES string of the molecule is CN(Cc1ccc(F)c(F)c1)S(=O)(=O)C[C@@H]1CCN(C(=O)OCc2ccccc2)C1. The number of carbonyl (C=O) groups is 1. The van der Waals surface area contributed by atoms with Crippen LogP contribution in [-0.2, 0) is 27.9 Å². The van der Waals surface area contributed by atoms with Gasteiger partial charge in [-0.25, -0.2) is 26.3 Å². The van der Waals surface area contributed by atoms with E-state index in [0.29, 0.717) is 25.1 Å². The molecule has 0 spiro atoms. The minimum atomic E-state index is -3.63. The second kappa shape index (κ2) is 9.53. The normalized spacial score (nSPS) is 16.8. The highest BCUT2D eigenvalue weighted by molar-refractivity contribution is 7.89. The number of benzene rings is 2. The van der Waals surface area contributed by atoms with E-state index in [1.807, 2.05) is 30.3 Å². The lowest BCUT2D eigenvalue weighted by Gasteiger charge is -2.20. The Morgan fingerprint density at radius 3 is 2.57 bits per heavy atom. The molecule has 1 heterocycles. The zero-order valence-electron chi connectivity index (χ0n) is 16.6. The average Bonchev–Trinajstić information content (AvgIpc) is 3.17. The number of hydrogen-bond donors (Lipinski definition) is 0. The molecule has 0 aliphatic carbocycles. The zero-order valence-corrected chi connectivity index (χ0v) is 17.4. The number of amides is 1. The van der Waals surface area contributed by atoms with Gasteiger partial charge in [-0.1, -0.05) is 36.4 Å². The first-order valence-corrected chi connectivity index (χ1v) is 11.2. The van der Waals surface area contributed by atoms with Crippen molar-refractivity contribution in [2.45, 2.75) is 19.6 Å². The van der Waals surface area contributed by atoms with Crippen LogP contribution in [0.15, 0.2) is 48.5 Å². The van der Waals surface area contributed by atoms with Gasteiger partial charge in [0.1, 0.15) is 6.61 Å². The van der Waals surface area contributed by atoms with Crippen molar-refractivity contribution in [1.29, 1.82) is 0 Å². The summed E-state index contributed by atoms with van der Waals surface area (Å²) in [7, 11) is -2.23. The molecule has 1 fully saturated rings. The van der Waals surface area contributed by atoms with Crippen LogP contribution >= 0.6 is 0 Å². The third-order valence-electron chi connectivity index (χ3n) is 5.06. The summed E-state index contributed by atoms with van der Waals surface area (Å²) in [5.41, 5.74) is 1.24. The Bertz CT molecular complexity index is 986. The molecule has 0 N–H and O–H groups in total. The van der Waals surface area contributed by atoms with E-state index in [0.717, 1.165) is 22.0 Å². The molecule has 1 aliphatic heterocycles. The molecule has 30 heavy (non-hydrogen) atoms. The molecule has 0 aromatic heterocycles. The maximum atomic E-state index is 13.4. The highest BCUT2D eigenvalue weighted by atomic mass is 32.2. The van der Waals surface area contributed by atoms with Gasteiger partial charge < -0.3 is 9.64 Å². The van der Waals surface area contributed by atoms with Crippen LogP contribution in [0, 0.1) is 17.6 Å². The molecule has 0 bridgehead atoms. The predicted molar refractivity (Wildman–Crippen MR) is 108 cm³/mol. The number of ether oxygens (including phenoxy) is 1.